The molecule has 0 aliphatic heterocycles. The van der Waals surface area contributed by atoms with Crippen molar-refractivity contribution >= 4 is 26.7 Å². The number of sulfonamides is 1. The summed E-state index contributed by atoms with van der Waals surface area (Å²) in [4.78, 5) is 12.0. The smallest absolute Gasteiger partial charge is 0.240 e. The molecular weight excluding hydrogens is 338 g/mol. The molecule has 6 nitrogen and oxygen atoms in total. The van der Waals surface area contributed by atoms with E-state index in [0.29, 0.717) is 12.5 Å². The highest BCUT2D eigenvalue weighted by Crippen LogP contribution is 2.31. The van der Waals surface area contributed by atoms with Gasteiger partial charge in [0, 0.05) is 25.6 Å². The monoisotopic (exact) mass is 361 g/mol. The molecule has 3 rings (SSSR count). The molecule has 0 radical (unpaired) electrons. The number of nitrogens with two attached hydrogens (primary N) is 1. The second-order valence-corrected chi connectivity index (χ2v) is 8.23. The third-order valence-corrected chi connectivity index (χ3v) is 5.90. The number of hydrogen-bond donors (Lipinski definition) is 3. The van der Waals surface area contributed by atoms with Crippen LogP contribution in [-0.4, -0.2) is 33.5 Å². The van der Waals surface area contributed by atoms with E-state index in [2.05, 4.69) is 10.0 Å². The molecule has 25 heavy (non-hydrogen) atoms. The van der Waals surface area contributed by atoms with Gasteiger partial charge in [0.15, 0.2) is 0 Å². The van der Waals surface area contributed by atoms with Crippen molar-refractivity contribution in [2.75, 3.05) is 13.1 Å². The Balaban J connectivity index is 1.51. The second-order valence-electron chi connectivity index (χ2n) is 6.46. The number of hydrogen-bond acceptors (Lipinski definition) is 4. The van der Waals surface area contributed by atoms with Crippen LogP contribution in [0, 0.1) is 5.92 Å². The van der Waals surface area contributed by atoms with Crippen molar-refractivity contribution in [2.24, 2.45) is 11.7 Å². The van der Waals surface area contributed by atoms with Crippen molar-refractivity contribution < 1.29 is 13.2 Å². The maximum absolute atomic E-state index is 12.4. The van der Waals surface area contributed by atoms with Gasteiger partial charge in [-0.05, 0) is 41.7 Å². The molecule has 1 aliphatic rings. The number of fused-ring (bicyclic) bond motifs is 1. The Morgan fingerprint density at radius 1 is 1.16 bits per heavy atom. The van der Waals surface area contributed by atoms with Gasteiger partial charge in [0.2, 0.25) is 15.9 Å². The van der Waals surface area contributed by atoms with Gasteiger partial charge in [0.25, 0.3) is 0 Å². The minimum atomic E-state index is -3.64. The van der Waals surface area contributed by atoms with Crippen LogP contribution in [0.2, 0.25) is 0 Å². The minimum absolute atomic E-state index is 0.00163. The topological polar surface area (TPSA) is 101 Å². The third-order valence-electron chi connectivity index (χ3n) is 4.44. The molecule has 1 aliphatic carbocycles. The lowest BCUT2D eigenvalue weighted by Gasteiger charge is -2.12. The highest BCUT2D eigenvalue weighted by molar-refractivity contribution is 7.89. The van der Waals surface area contributed by atoms with Crippen LogP contribution in [0.5, 0.6) is 0 Å². The van der Waals surface area contributed by atoms with Gasteiger partial charge in [0.05, 0.1) is 4.90 Å². The Morgan fingerprint density at radius 3 is 2.60 bits per heavy atom. The van der Waals surface area contributed by atoms with Gasteiger partial charge in [-0.2, -0.15) is 0 Å². The first-order valence-electron chi connectivity index (χ1n) is 8.46. The van der Waals surface area contributed by atoms with Crippen LogP contribution in [0.3, 0.4) is 0 Å². The fraction of sp³-hybridized carbons (Fsp3) is 0.389. The van der Waals surface area contributed by atoms with Gasteiger partial charge in [-0.3, -0.25) is 4.79 Å². The second kappa shape index (κ2) is 7.51. The van der Waals surface area contributed by atoms with Crippen LogP contribution in [-0.2, 0) is 14.8 Å². The van der Waals surface area contributed by atoms with Crippen molar-refractivity contribution in [2.45, 2.75) is 30.2 Å². The predicted molar refractivity (Wildman–Crippen MR) is 97.5 cm³/mol. The van der Waals surface area contributed by atoms with E-state index in [1.165, 1.54) is 0 Å². The minimum Gasteiger partial charge on any atom is -0.354 e. The third kappa shape index (κ3) is 4.78. The maximum Gasteiger partial charge on any atom is 0.240 e. The Labute approximate surface area is 147 Å². The molecule has 1 unspecified atom stereocenters. The summed E-state index contributed by atoms with van der Waals surface area (Å²) in [6.45, 7) is 0.501. The molecular formula is C18H23N3O3S. The first-order chi connectivity index (χ1) is 12.0. The van der Waals surface area contributed by atoms with Gasteiger partial charge < -0.3 is 11.1 Å². The molecule has 1 atom stereocenters. The van der Waals surface area contributed by atoms with Crippen molar-refractivity contribution in [3.63, 3.8) is 0 Å². The van der Waals surface area contributed by atoms with Gasteiger partial charge in [-0.15, -0.1) is 0 Å². The highest BCUT2D eigenvalue weighted by Gasteiger charge is 2.28. The van der Waals surface area contributed by atoms with Gasteiger partial charge in [-0.1, -0.05) is 30.3 Å². The molecule has 0 saturated heterocycles. The zero-order valence-corrected chi connectivity index (χ0v) is 14.8. The number of benzene rings is 2. The Kier molecular flexibility index (Phi) is 5.36. The Morgan fingerprint density at radius 2 is 1.88 bits per heavy atom. The summed E-state index contributed by atoms with van der Waals surface area (Å²) in [6.07, 6.45) is 2.34. The van der Waals surface area contributed by atoms with Crippen LogP contribution < -0.4 is 15.8 Å². The van der Waals surface area contributed by atoms with Crippen LogP contribution in [0.15, 0.2) is 47.4 Å². The van der Waals surface area contributed by atoms with E-state index in [4.69, 9.17) is 5.73 Å². The molecule has 1 saturated carbocycles. The average molecular weight is 361 g/mol. The number of nitrogens with one attached hydrogen (secondary N) is 2. The van der Waals surface area contributed by atoms with Gasteiger partial charge in [0.1, 0.15) is 0 Å². The number of rotatable bonds is 8. The molecule has 134 valence electrons. The maximum atomic E-state index is 12.4. The lowest BCUT2D eigenvalue weighted by atomic mass is 10.1. The summed E-state index contributed by atoms with van der Waals surface area (Å²) < 4.78 is 27.2. The number of carbonyl (C=O) groups is 1. The van der Waals surface area contributed by atoms with Crippen LogP contribution >= 0.6 is 0 Å². The largest absolute Gasteiger partial charge is 0.354 e. The Bertz CT molecular complexity index is 863. The summed E-state index contributed by atoms with van der Waals surface area (Å²) >= 11 is 0. The molecule has 2 aromatic rings. The van der Waals surface area contributed by atoms with Crippen molar-refractivity contribution in [3.8, 4) is 0 Å². The van der Waals surface area contributed by atoms with E-state index >= 15 is 0 Å². The predicted octanol–water partition coefficient (Wildman–Crippen LogP) is 1.36. The molecule has 0 heterocycles. The summed E-state index contributed by atoms with van der Waals surface area (Å²) in [6, 6.07) is 12.5. The lowest BCUT2D eigenvalue weighted by Crippen LogP contribution is -2.39. The normalized spacial score (nSPS) is 15.9. The number of carbonyl (C=O) groups excluding carboxylic acids is 1. The van der Waals surface area contributed by atoms with Gasteiger partial charge in [-0.25, -0.2) is 13.1 Å². The van der Waals surface area contributed by atoms with Crippen molar-refractivity contribution in [1.82, 2.24) is 10.0 Å². The first kappa shape index (κ1) is 17.8. The molecule has 2 aromatic carbocycles. The summed E-state index contributed by atoms with van der Waals surface area (Å²) in [5.41, 5.74) is 5.92. The summed E-state index contributed by atoms with van der Waals surface area (Å²) in [5.74, 6) is 0.323. The SMILES string of the molecule is NC(CNC(=O)CCNS(=O)(=O)c1ccc2ccccc2c1)C1CC1. The molecule has 1 amide bonds. The van der Waals surface area contributed by atoms with E-state index in [1.807, 2.05) is 24.3 Å². The van der Waals surface area contributed by atoms with Crippen molar-refractivity contribution in [3.05, 3.63) is 42.5 Å². The van der Waals surface area contributed by atoms with Crippen molar-refractivity contribution in [1.29, 1.82) is 0 Å². The molecule has 4 N–H and O–H groups in total. The number of amides is 1. The average Bonchev–Trinajstić information content (AvgIpc) is 3.44. The van der Waals surface area contributed by atoms with Crippen LogP contribution in [0.4, 0.5) is 0 Å². The van der Waals surface area contributed by atoms with E-state index in [0.717, 1.165) is 23.6 Å². The fourth-order valence-electron chi connectivity index (χ4n) is 2.73. The van der Waals surface area contributed by atoms with E-state index in [9.17, 15) is 13.2 Å². The Hall–Kier alpha value is -1.96. The quantitative estimate of drug-likeness (QED) is 0.661. The van der Waals surface area contributed by atoms with Crippen LogP contribution in [0.25, 0.3) is 10.8 Å². The van der Waals surface area contributed by atoms with E-state index in [-0.39, 0.29) is 29.8 Å². The standard InChI is InChI=1S/C18H23N3O3S/c19-17(14-5-6-14)12-20-18(22)9-10-21-25(23,24)16-8-7-13-3-1-2-4-15(13)11-16/h1-4,7-8,11,14,17,21H,5-6,9-10,12,19H2,(H,20,22). The fourth-order valence-corrected chi connectivity index (χ4v) is 3.79. The molecule has 7 heteroatoms. The van der Waals surface area contributed by atoms with E-state index < -0.39 is 10.0 Å². The summed E-state index contributed by atoms with van der Waals surface area (Å²) in [5, 5.41) is 4.59. The van der Waals surface area contributed by atoms with E-state index in [1.54, 1.807) is 18.2 Å². The lowest BCUT2D eigenvalue weighted by molar-refractivity contribution is -0.121. The van der Waals surface area contributed by atoms with Crippen LogP contribution in [0.1, 0.15) is 19.3 Å². The molecule has 0 bridgehead atoms. The zero-order valence-electron chi connectivity index (χ0n) is 13.9. The zero-order chi connectivity index (χ0) is 17.9. The summed E-state index contributed by atoms with van der Waals surface area (Å²) in [7, 11) is -3.64. The molecule has 0 spiro atoms. The first-order valence-corrected chi connectivity index (χ1v) is 9.95. The highest BCUT2D eigenvalue weighted by atomic mass is 32.2. The van der Waals surface area contributed by atoms with Gasteiger partial charge >= 0.3 is 0 Å². The molecule has 0 aromatic heterocycles. The molecule has 1 fully saturated rings.